The molecule has 1 N–H and O–H groups in total. The fourth-order valence-electron chi connectivity index (χ4n) is 2.15. The maximum absolute atomic E-state index is 11.9. The molecule has 0 aromatic heterocycles. The van der Waals surface area contributed by atoms with Gasteiger partial charge in [0, 0.05) is 32.1 Å². The fourth-order valence-corrected chi connectivity index (χ4v) is 2.15. The van der Waals surface area contributed by atoms with Crippen LogP contribution in [0.4, 0.5) is 0 Å². The lowest BCUT2D eigenvalue weighted by Gasteiger charge is -2.36. The van der Waals surface area contributed by atoms with Crippen molar-refractivity contribution in [2.45, 2.75) is 45.6 Å². The van der Waals surface area contributed by atoms with Crippen LogP contribution in [0.25, 0.3) is 0 Å². The van der Waals surface area contributed by atoms with Crippen molar-refractivity contribution < 1.29 is 19.5 Å². The zero-order chi connectivity index (χ0) is 14.4. The Morgan fingerprint density at radius 1 is 1.16 bits per heavy atom. The van der Waals surface area contributed by atoms with Gasteiger partial charge in [-0.2, -0.15) is 0 Å². The Hall–Kier alpha value is -1.59. The van der Waals surface area contributed by atoms with Crippen LogP contribution in [0.5, 0.6) is 0 Å². The first-order valence-electron chi connectivity index (χ1n) is 6.75. The van der Waals surface area contributed by atoms with E-state index in [2.05, 4.69) is 0 Å². The minimum absolute atomic E-state index is 0.0502. The van der Waals surface area contributed by atoms with Gasteiger partial charge >= 0.3 is 17.8 Å². The van der Waals surface area contributed by atoms with Gasteiger partial charge in [0.25, 0.3) is 0 Å². The highest BCUT2D eigenvalue weighted by Crippen LogP contribution is 2.10. The number of aliphatic carboxylic acids is 1. The van der Waals surface area contributed by atoms with E-state index in [1.807, 2.05) is 13.8 Å². The molecule has 2 amide bonds. The molecule has 1 rings (SSSR count). The fraction of sp³-hybridized carbons (Fsp3) is 0.769. The summed E-state index contributed by atoms with van der Waals surface area (Å²) in [6, 6.07) is 0.0502. The molecule has 0 aromatic carbocycles. The third-order valence-electron chi connectivity index (χ3n) is 3.28. The number of unbranched alkanes of at least 4 members (excludes halogenated alkanes) is 2. The topological polar surface area (TPSA) is 77.9 Å². The van der Waals surface area contributed by atoms with Crippen LogP contribution in [0, 0.1) is 0 Å². The van der Waals surface area contributed by atoms with E-state index >= 15 is 0 Å². The van der Waals surface area contributed by atoms with Crippen LogP contribution in [0.15, 0.2) is 0 Å². The highest BCUT2D eigenvalue weighted by Gasteiger charge is 2.33. The third kappa shape index (κ3) is 4.54. The van der Waals surface area contributed by atoms with Crippen molar-refractivity contribution in [3.05, 3.63) is 0 Å². The summed E-state index contributed by atoms with van der Waals surface area (Å²) >= 11 is 0. The molecule has 6 heteroatoms. The van der Waals surface area contributed by atoms with E-state index in [-0.39, 0.29) is 12.5 Å². The lowest BCUT2D eigenvalue weighted by Crippen LogP contribution is -2.56. The molecule has 0 aromatic rings. The van der Waals surface area contributed by atoms with E-state index < -0.39 is 17.8 Å². The zero-order valence-electron chi connectivity index (χ0n) is 11.6. The second kappa shape index (κ2) is 7.11. The predicted octanol–water partition coefficient (Wildman–Crippen LogP) is 0.711. The molecule has 1 heterocycles. The number of carbonyl (C=O) groups excluding carboxylic acids is 2. The summed E-state index contributed by atoms with van der Waals surface area (Å²) in [4.78, 5) is 37.2. The summed E-state index contributed by atoms with van der Waals surface area (Å²) in [6.45, 7) is 5.48. The molecule has 0 atom stereocenters. The number of hydrogen-bond acceptors (Lipinski definition) is 3. The molecule has 19 heavy (non-hydrogen) atoms. The average Bonchev–Trinajstić information content (AvgIpc) is 2.33. The number of carboxylic acid groups (broad SMARTS) is 1. The minimum Gasteiger partial charge on any atom is -0.481 e. The molecule has 1 aliphatic heterocycles. The number of amides is 2. The maximum Gasteiger partial charge on any atom is 0.312 e. The SMILES string of the molecule is CC(C)N1CCN(CCCCCC(=O)O)C(=O)C1=O. The van der Waals surface area contributed by atoms with Gasteiger partial charge in [0.05, 0.1) is 0 Å². The van der Waals surface area contributed by atoms with Crippen molar-refractivity contribution in [1.29, 1.82) is 0 Å². The quantitative estimate of drug-likeness (QED) is 0.546. The first-order chi connectivity index (χ1) is 8.93. The second-order valence-corrected chi connectivity index (χ2v) is 5.09. The first-order valence-corrected chi connectivity index (χ1v) is 6.75. The maximum atomic E-state index is 11.9. The molecule has 108 valence electrons. The van der Waals surface area contributed by atoms with E-state index in [1.165, 1.54) is 0 Å². The Kier molecular flexibility index (Phi) is 5.79. The molecule has 0 bridgehead atoms. The van der Waals surface area contributed by atoms with Gasteiger partial charge in [-0.1, -0.05) is 6.42 Å². The lowest BCUT2D eigenvalue weighted by atomic mass is 10.1. The van der Waals surface area contributed by atoms with Crippen molar-refractivity contribution in [2.24, 2.45) is 0 Å². The lowest BCUT2D eigenvalue weighted by molar-refractivity contribution is -0.157. The number of hydrogen-bond donors (Lipinski definition) is 1. The van der Waals surface area contributed by atoms with Gasteiger partial charge in [-0.3, -0.25) is 14.4 Å². The minimum atomic E-state index is -0.795. The molecule has 0 saturated carbocycles. The summed E-state index contributed by atoms with van der Waals surface area (Å²) in [7, 11) is 0. The first kappa shape index (κ1) is 15.5. The van der Waals surface area contributed by atoms with E-state index in [1.54, 1.807) is 9.80 Å². The molecule has 1 saturated heterocycles. The summed E-state index contributed by atoms with van der Waals surface area (Å²) < 4.78 is 0. The van der Waals surface area contributed by atoms with Crippen molar-refractivity contribution in [3.63, 3.8) is 0 Å². The number of carbonyl (C=O) groups is 3. The summed E-state index contributed by atoms with van der Waals surface area (Å²) in [5.41, 5.74) is 0. The van der Waals surface area contributed by atoms with Crippen LogP contribution in [-0.4, -0.2) is 58.4 Å². The molecule has 6 nitrogen and oxygen atoms in total. The highest BCUT2D eigenvalue weighted by atomic mass is 16.4. The van der Waals surface area contributed by atoms with Crippen molar-refractivity contribution >= 4 is 17.8 Å². The summed E-state index contributed by atoms with van der Waals surface area (Å²) in [5.74, 6) is -1.65. The van der Waals surface area contributed by atoms with Crippen LogP contribution in [0.2, 0.25) is 0 Å². The molecule has 0 radical (unpaired) electrons. The van der Waals surface area contributed by atoms with Crippen LogP contribution < -0.4 is 0 Å². The van der Waals surface area contributed by atoms with Crippen LogP contribution in [0.3, 0.4) is 0 Å². The van der Waals surface area contributed by atoms with Gasteiger partial charge in [-0.15, -0.1) is 0 Å². The van der Waals surface area contributed by atoms with Crippen LogP contribution in [0.1, 0.15) is 39.5 Å². The largest absolute Gasteiger partial charge is 0.481 e. The Morgan fingerprint density at radius 3 is 2.42 bits per heavy atom. The summed E-state index contributed by atoms with van der Waals surface area (Å²) in [6.07, 6.45) is 2.28. The van der Waals surface area contributed by atoms with Gasteiger partial charge in [0.1, 0.15) is 0 Å². The number of piperazine rings is 1. The standard InChI is InChI=1S/C13H22N2O4/c1-10(2)15-9-8-14(12(18)13(15)19)7-5-3-4-6-11(16)17/h10H,3-9H2,1-2H3,(H,16,17). The molecular weight excluding hydrogens is 248 g/mol. The van der Waals surface area contributed by atoms with Crippen LogP contribution >= 0.6 is 0 Å². The molecule has 0 aliphatic carbocycles. The van der Waals surface area contributed by atoms with Gasteiger partial charge in [-0.25, -0.2) is 0 Å². The number of rotatable bonds is 7. The summed E-state index contributed by atoms with van der Waals surface area (Å²) in [5, 5.41) is 8.50. The molecular formula is C13H22N2O4. The molecule has 1 aliphatic rings. The third-order valence-corrected chi connectivity index (χ3v) is 3.28. The second-order valence-electron chi connectivity index (χ2n) is 5.09. The van der Waals surface area contributed by atoms with Gasteiger partial charge in [0.2, 0.25) is 0 Å². The van der Waals surface area contributed by atoms with E-state index in [0.29, 0.717) is 26.1 Å². The van der Waals surface area contributed by atoms with E-state index in [9.17, 15) is 14.4 Å². The van der Waals surface area contributed by atoms with Crippen molar-refractivity contribution in [2.75, 3.05) is 19.6 Å². The predicted molar refractivity (Wildman–Crippen MR) is 69.5 cm³/mol. The Labute approximate surface area is 113 Å². The van der Waals surface area contributed by atoms with Gasteiger partial charge < -0.3 is 14.9 Å². The monoisotopic (exact) mass is 270 g/mol. The molecule has 0 unspecified atom stereocenters. The van der Waals surface area contributed by atoms with Gasteiger partial charge in [0.15, 0.2) is 0 Å². The van der Waals surface area contributed by atoms with E-state index in [4.69, 9.17) is 5.11 Å². The van der Waals surface area contributed by atoms with Crippen LogP contribution in [-0.2, 0) is 14.4 Å². The smallest absolute Gasteiger partial charge is 0.312 e. The Morgan fingerprint density at radius 2 is 1.84 bits per heavy atom. The Balaban J connectivity index is 2.31. The number of nitrogens with zero attached hydrogens (tertiary/aromatic N) is 2. The zero-order valence-corrected chi connectivity index (χ0v) is 11.6. The average molecular weight is 270 g/mol. The van der Waals surface area contributed by atoms with E-state index in [0.717, 1.165) is 12.8 Å². The van der Waals surface area contributed by atoms with Crippen molar-refractivity contribution in [3.8, 4) is 0 Å². The van der Waals surface area contributed by atoms with Gasteiger partial charge in [-0.05, 0) is 26.7 Å². The number of carboxylic acids is 1. The highest BCUT2D eigenvalue weighted by molar-refractivity contribution is 6.35. The molecule has 0 spiro atoms. The Bertz CT molecular complexity index is 355. The molecule has 1 fully saturated rings. The van der Waals surface area contributed by atoms with Crippen molar-refractivity contribution in [1.82, 2.24) is 9.80 Å². The normalized spacial score (nSPS) is 16.4.